The molecule has 3 aromatic rings. The third-order valence-electron chi connectivity index (χ3n) is 3.79. The van der Waals surface area contributed by atoms with Gasteiger partial charge in [-0.15, -0.1) is 0 Å². The van der Waals surface area contributed by atoms with Crippen molar-refractivity contribution < 1.29 is 9.47 Å². The van der Waals surface area contributed by atoms with Crippen LogP contribution in [0, 0.1) is 0 Å². The quantitative estimate of drug-likeness (QED) is 0.734. The largest absolute Gasteiger partial charge is 0.480 e. The van der Waals surface area contributed by atoms with Crippen LogP contribution in [-0.2, 0) is 0 Å². The highest BCUT2D eigenvalue weighted by Crippen LogP contribution is 2.42. The SMILES string of the molecule is COc1ncc(-c2cc(C3CC3)c3nccn3n2)c(OC)n1. The Bertz CT molecular complexity index is 841. The van der Waals surface area contributed by atoms with Gasteiger partial charge in [0.2, 0.25) is 5.88 Å². The monoisotopic (exact) mass is 297 g/mol. The molecule has 0 bridgehead atoms. The minimum absolute atomic E-state index is 0.270. The summed E-state index contributed by atoms with van der Waals surface area (Å²) in [6, 6.07) is 2.33. The van der Waals surface area contributed by atoms with Crippen LogP contribution in [0.25, 0.3) is 16.9 Å². The molecule has 0 saturated heterocycles. The number of hydrogen-bond acceptors (Lipinski definition) is 6. The Morgan fingerprint density at radius 1 is 1.18 bits per heavy atom. The fourth-order valence-corrected chi connectivity index (χ4v) is 2.55. The normalized spacial score (nSPS) is 14.3. The third kappa shape index (κ3) is 2.05. The van der Waals surface area contributed by atoms with Gasteiger partial charge in [-0.1, -0.05) is 0 Å². The third-order valence-corrected chi connectivity index (χ3v) is 3.79. The van der Waals surface area contributed by atoms with Gasteiger partial charge in [-0.25, -0.2) is 14.5 Å². The van der Waals surface area contributed by atoms with Gasteiger partial charge >= 0.3 is 6.01 Å². The lowest BCUT2D eigenvalue weighted by molar-refractivity contribution is 0.353. The lowest BCUT2D eigenvalue weighted by Gasteiger charge is -2.10. The van der Waals surface area contributed by atoms with E-state index in [1.54, 1.807) is 24.0 Å². The molecule has 0 aliphatic heterocycles. The van der Waals surface area contributed by atoms with Gasteiger partial charge in [0.15, 0.2) is 5.65 Å². The first-order valence-corrected chi connectivity index (χ1v) is 7.10. The van der Waals surface area contributed by atoms with E-state index in [0.717, 1.165) is 16.9 Å². The molecule has 0 spiro atoms. The average Bonchev–Trinajstić information content (AvgIpc) is 3.30. The van der Waals surface area contributed by atoms with Gasteiger partial charge < -0.3 is 9.47 Å². The molecule has 3 heterocycles. The van der Waals surface area contributed by atoms with Crippen molar-refractivity contribution in [3.05, 3.63) is 30.2 Å². The molecule has 7 heteroatoms. The first kappa shape index (κ1) is 13.0. The maximum absolute atomic E-state index is 5.36. The number of imidazole rings is 1. The Kier molecular flexibility index (Phi) is 2.92. The van der Waals surface area contributed by atoms with Gasteiger partial charge in [0, 0.05) is 24.2 Å². The molecule has 22 heavy (non-hydrogen) atoms. The van der Waals surface area contributed by atoms with Crippen molar-refractivity contribution in [3.8, 4) is 23.1 Å². The molecule has 3 aromatic heterocycles. The van der Waals surface area contributed by atoms with Crippen molar-refractivity contribution >= 4 is 5.65 Å². The minimum Gasteiger partial charge on any atom is -0.480 e. The second-order valence-electron chi connectivity index (χ2n) is 5.23. The van der Waals surface area contributed by atoms with Crippen LogP contribution in [0.15, 0.2) is 24.7 Å². The molecule has 0 radical (unpaired) electrons. The summed E-state index contributed by atoms with van der Waals surface area (Å²) in [5, 5.41) is 4.59. The molecular weight excluding hydrogens is 282 g/mol. The first-order valence-electron chi connectivity index (χ1n) is 7.10. The highest BCUT2D eigenvalue weighted by Gasteiger charge is 2.28. The highest BCUT2D eigenvalue weighted by atomic mass is 16.5. The van der Waals surface area contributed by atoms with Crippen molar-refractivity contribution in [3.63, 3.8) is 0 Å². The maximum Gasteiger partial charge on any atom is 0.319 e. The van der Waals surface area contributed by atoms with Crippen LogP contribution in [0.3, 0.4) is 0 Å². The predicted molar refractivity (Wildman–Crippen MR) is 79.1 cm³/mol. The molecule has 112 valence electrons. The van der Waals surface area contributed by atoms with E-state index in [1.165, 1.54) is 25.5 Å². The summed E-state index contributed by atoms with van der Waals surface area (Å²) >= 11 is 0. The summed E-state index contributed by atoms with van der Waals surface area (Å²) in [5.41, 5.74) is 3.64. The number of ether oxygens (including phenoxy) is 2. The standard InChI is InChI=1S/C15H15N5O2/c1-21-14-11(8-17-15(18-14)22-2)12-7-10(9-3-4-9)13-16-5-6-20(13)19-12/h5-9H,3-4H2,1-2H3. The molecule has 0 amide bonds. The van der Waals surface area contributed by atoms with Gasteiger partial charge in [0.05, 0.1) is 25.5 Å². The first-order chi connectivity index (χ1) is 10.8. The van der Waals surface area contributed by atoms with Crippen LogP contribution < -0.4 is 9.47 Å². The predicted octanol–water partition coefficient (Wildman–Crippen LogP) is 2.08. The van der Waals surface area contributed by atoms with E-state index in [-0.39, 0.29) is 6.01 Å². The zero-order valence-corrected chi connectivity index (χ0v) is 12.4. The van der Waals surface area contributed by atoms with Crippen LogP contribution in [-0.4, -0.2) is 38.8 Å². The summed E-state index contributed by atoms with van der Waals surface area (Å²) in [7, 11) is 3.10. The molecule has 0 aromatic carbocycles. The summed E-state index contributed by atoms with van der Waals surface area (Å²) in [6.07, 6.45) is 7.68. The van der Waals surface area contributed by atoms with Crippen molar-refractivity contribution in [2.75, 3.05) is 14.2 Å². The number of fused-ring (bicyclic) bond motifs is 1. The number of aromatic nitrogens is 5. The van der Waals surface area contributed by atoms with E-state index in [9.17, 15) is 0 Å². The van der Waals surface area contributed by atoms with E-state index in [2.05, 4.69) is 26.1 Å². The Morgan fingerprint density at radius 2 is 2.05 bits per heavy atom. The van der Waals surface area contributed by atoms with E-state index < -0.39 is 0 Å². The fourth-order valence-electron chi connectivity index (χ4n) is 2.55. The van der Waals surface area contributed by atoms with Gasteiger partial charge in [0.25, 0.3) is 0 Å². The lowest BCUT2D eigenvalue weighted by atomic mass is 10.1. The Morgan fingerprint density at radius 3 is 2.77 bits per heavy atom. The molecule has 0 atom stereocenters. The van der Waals surface area contributed by atoms with E-state index in [1.807, 2.05) is 6.20 Å². The molecule has 1 saturated carbocycles. The van der Waals surface area contributed by atoms with E-state index in [4.69, 9.17) is 9.47 Å². The molecule has 0 unspecified atom stereocenters. The Balaban J connectivity index is 1.90. The smallest absolute Gasteiger partial charge is 0.319 e. The maximum atomic E-state index is 5.36. The number of nitrogens with zero attached hydrogens (tertiary/aromatic N) is 5. The number of hydrogen-bond donors (Lipinski definition) is 0. The Hall–Kier alpha value is -2.70. The Labute approximate surface area is 126 Å². The molecule has 1 fully saturated rings. The summed E-state index contributed by atoms with van der Waals surface area (Å²) in [4.78, 5) is 12.8. The average molecular weight is 297 g/mol. The highest BCUT2D eigenvalue weighted by molar-refractivity contribution is 5.67. The summed E-state index contributed by atoms with van der Waals surface area (Å²) in [5.74, 6) is 1.01. The second kappa shape index (κ2) is 4.94. The second-order valence-corrected chi connectivity index (χ2v) is 5.23. The number of rotatable bonds is 4. The summed E-state index contributed by atoms with van der Waals surface area (Å²) < 4.78 is 12.2. The van der Waals surface area contributed by atoms with Crippen LogP contribution in [0.2, 0.25) is 0 Å². The molecule has 7 nitrogen and oxygen atoms in total. The van der Waals surface area contributed by atoms with Crippen molar-refractivity contribution in [2.24, 2.45) is 0 Å². The zero-order chi connectivity index (χ0) is 15.1. The van der Waals surface area contributed by atoms with Gasteiger partial charge in [0.1, 0.15) is 0 Å². The van der Waals surface area contributed by atoms with Crippen LogP contribution in [0.4, 0.5) is 0 Å². The van der Waals surface area contributed by atoms with Crippen molar-refractivity contribution in [1.82, 2.24) is 24.6 Å². The van der Waals surface area contributed by atoms with Crippen LogP contribution in [0.1, 0.15) is 24.3 Å². The number of methoxy groups -OCH3 is 2. The van der Waals surface area contributed by atoms with Crippen molar-refractivity contribution in [1.29, 1.82) is 0 Å². The molecule has 1 aliphatic carbocycles. The summed E-state index contributed by atoms with van der Waals surface area (Å²) in [6.45, 7) is 0. The van der Waals surface area contributed by atoms with Gasteiger partial charge in [-0.2, -0.15) is 10.1 Å². The van der Waals surface area contributed by atoms with Crippen LogP contribution >= 0.6 is 0 Å². The molecule has 0 N–H and O–H groups in total. The topological polar surface area (TPSA) is 74.4 Å². The minimum atomic E-state index is 0.270. The van der Waals surface area contributed by atoms with E-state index >= 15 is 0 Å². The van der Waals surface area contributed by atoms with Gasteiger partial charge in [-0.05, 0) is 24.8 Å². The zero-order valence-electron chi connectivity index (χ0n) is 12.4. The van der Waals surface area contributed by atoms with E-state index in [0.29, 0.717) is 11.8 Å². The molecule has 4 rings (SSSR count). The fraction of sp³-hybridized carbons (Fsp3) is 0.333. The lowest BCUT2D eigenvalue weighted by Crippen LogP contribution is -2.02. The molecule has 1 aliphatic rings. The van der Waals surface area contributed by atoms with Crippen molar-refractivity contribution in [2.45, 2.75) is 18.8 Å². The van der Waals surface area contributed by atoms with Crippen LogP contribution in [0.5, 0.6) is 11.9 Å². The van der Waals surface area contributed by atoms with Gasteiger partial charge in [-0.3, -0.25) is 0 Å². The molecular formula is C15H15N5O2.